The van der Waals surface area contributed by atoms with Crippen LogP contribution in [0.5, 0.6) is 0 Å². The van der Waals surface area contributed by atoms with Crippen molar-refractivity contribution >= 4 is 5.97 Å². The average molecular weight is 416 g/mol. The first-order valence-corrected chi connectivity index (χ1v) is 9.37. The number of nitrogens with zero attached hydrogens (tertiary/aromatic N) is 1. The largest absolute Gasteiger partial charge is 1.00 e. The van der Waals surface area contributed by atoms with Gasteiger partial charge in [-0.1, -0.05) is 60.7 Å². The molecular formula is C22H26BrNO2. The zero-order valence-corrected chi connectivity index (χ0v) is 16.6. The van der Waals surface area contributed by atoms with Gasteiger partial charge in [0.2, 0.25) is 6.73 Å². The molecule has 0 atom stereocenters. The SMILES string of the molecule is O=C(OC[N+]12CCC(CC1)CC2)C(c1ccccc1)c1ccccc1.[Br-]. The number of hydrogen-bond donors (Lipinski definition) is 0. The fourth-order valence-electron chi connectivity index (χ4n) is 4.37. The molecule has 0 N–H and O–H groups in total. The summed E-state index contributed by atoms with van der Waals surface area (Å²) in [5, 5.41) is 0. The molecule has 3 fully saturated rings. The average Bonchev–Trinajstić information content (AvgIpc) is 2.70. The van der Waals surface area contributed by atoms with E-state index < -0.39 is 0 Å². The molecule has 0 aliphatic carbocycles. The lowest BCUT2D eigenvalue weighted by Gasteiger charge is -2.48. The highest BCUT2D eigenvalue weighted by Crippen LogP contribution is 2.34. The van der Waals surface area contributed by atoms with Gasteiger partial charge < -0.3 is 21.7 Å². The summed E-state index contributed by atoms with van der Waals surface area (Å²) >= 11 is 0. The van der Waals surface area contributed by atoms with Gasteiger partial charge in [0.15, 0.2) is 0 Å². The van der Waals surface area contributed by atoms with E-state index in [0.717, 1.165) is 21.5 Å². The zero-order valence-electron chi connectivity index (χ0n) is 15.0. The van der Waals surface area contributed by atoms with E-state index in [0.29, 0.717) is 6.73 Å². The second kappa shape index (κ2) is 8.36. The first-order valence-electron chi connectivity index (χ1n) is 9.37. The number of rotatable bonds is 5. The van der Waals surface area contributed by atoms with Gasteiger partial charge in [0.1, 0.15) is 5.92 Å². The van der Waals surface area contributed by atoms with Crippen molar-refractivity contribution in [2.45, 2.75) is 25.2 Å². The van der Waals surface area contributed by atoms with Gasteiger partial charge in [0.25, 0.3) is 0 Å². The smallest absolute Gasteiger partial charge is 0.322 e. The number of piperidine rings is 3. The van der Waals surface area contributed by atoms with Crippen LogP contribution in [0.3, 0.4) is 0 Å². The number of hydrogen-bond acceptors (Lipinski definition) is 2. The lowest BCUT2D eigenvalue weighted by molar-refractivity contribution is -0.957. The van der Waals surface area contributed by atoms with Crippen LogP contribution in [0.1, 0.15) is 36.3 Å². The maximum absolute atomic E-state index is 13.0. The predicted molar refractivity (Wildman–Crippen MR) is 97.9 cm³/mol. The van der Waals surface area contributed by atoms with Gasteiger partial charge in [-0.05, 0) is 36.3 Å². The van der Waals surface area contributed by atoms with Gasteiger partial charge in [-0.3, -0.25) is 9.28 Å². The number of ether oxygens (including phenoxy) is 1. The third-order valence-electron chi connectivity index (χ3n) is 6.02. The lowest BCUT2D eigenvalue weighted by Crippen LogP contribution is -3.00. The summed E-state index contributed by atoms with van der Waals surface area (Å²) in [5.74, 6) is 0.442. The molecule has 0 amide bonds. The third-order valence-corrected chi connectivity index (χ3v) is 6.02. The second-order valence-electron chi connectivity index (χ2n) is 7.59. The van der Waals surface area contributed by atoms with E-state index in [1.807, 2.05) is 60.7 Å². The molecule has 0 saturated carbocycles. The minimum Gasteiger partial charge on any atom is -1.00 e. The molecule has 138 valence electrons. The fraction of sp³-hybridized carbons (Fsp3) is 0.409. The van der Waals surface area contributed by atoms with Crippen molar-refractivity contribution in [3.63, 3.8) is 0 Å². The van der Waals surface area contributed by atoms with Gasteiger partial charge in [-0.2, -0.15) is 0 Å². The van der Waals surface area contributed by atoms with Crippen LogP contribution in [-0.4, -0.2) is 36.8 Å². The Hall–Kier alpha value is -1.65. The highest BCUT2D eigenvalue weighted by molar-refractivity contribution is 5.82. The van der Waals surface area contributed by atoms with E-state index in [4.69, 9.17) is 4.74 Å². The van der Waals surface area contributed by atoms with Gasteiger partial charge in [-0.15, -0.1) is 0 Å². The topological polar surface area (TPSA) is 26.3 Å². The summed E-state index contributed by atoms with van der Waals surface area (Å²) in [4.78, 5) is 13.0. The van der Waals surface area contributed by atoms with Gasteiger partial charge in [0, 0.05) is 0 Å². The van der Waals surface area contributed by atoms with Crippen LogP contribution in [0.2, 0.25) is 0 Å². The van der Waals surface area contributed by atoms with Crippen molar-refractivity contribution < 1.29 is 31.0 Å². The Kier molecular flexibility index (Phi) is 6.15. The Morgan fingerprint density at radius 3 is 1.81 bits per heavy atom. The molecule has 0 aromatic heterocycles. The number of benzene rings is 2. The molecule has 2 aromatic rings. The van der Waals surface area contributed by atoms with Crippen LogP contribution in [0, 0.1) is 5.92 Å². The molecule has 0 radical (unpaired) electrons. The summed E-state index contributed by atoms with van der Waals surface area (Å²) in [7, 11) is 0. The molecule has 3 saturated heterocycles. The van der Waals surface area contributed by atoms with Gasteiger partial charge >= 0.3 is 5.97 Å². The highest BCUT2D eigenvalue weighted by Gasteiger charge is 2.41. The van der Waals surface area contributed by atoms with Crippen molar-refractivity contribution in [1.82, 2.24) is 0 Å². The van der Waals surface area contributed by atoms with Crippen molar-refractivity contribution in [2.24, 2.45) is 5.92 Å². The summed E-state index contributed by atoms with van der Waals surface area (Å²) in [6.45, 7) is 4.03. The van der Waals surface area contributed by atoms with Crippen molar-refractivity contribution in [3.05, 3.63) is 71.8 Å². The molecule has 3 nitrogen and oxygen atoms in total. The standard InChI is InChI=1S/C22H26NO2.BrH/c24-22(25-17-23-14-11-18(12-15-23)13-16-23)21(19-7-3-1-4-8-19)20-9-5-2-6-10-20;/h1-10,18,21H,11-17H2;1H/q+1;/p-1. The minimum atomic E-state index is -0.345. The number of carbonyl (C=O) groups is 1. The predicted octanol–water partition coefficient (Wildman–Crippen LogP) is 0.954. The molecule has 3 heterocycles. The Morgan fingerprint density at radius 2 is 1.35 bits per heavy atom. The van der Waals surface area contributed by atoms with Crippen LogP contribution in [0.15, 0.2) is 60.7 Å². The van der Waals surface area contributed by atoms with Crippen molar-refractivity contribution in [3.8, 4) is 0 Å². The van der Waals surface area contributed by atoms with Crippen LogP contribution in [-0.2, 0) is 9.53 Å². The summed E-state index contributed by atoms with van der Waals surface area (Å²) < 4.78 is 6.88. The molecule has 0 unspecified atom stereocenters. The number of fused-ring (bicyclic) bond motifs is 3. The molecule has 26 heavy (non-hydrogen) atoms. The van der Waals surface area contributed by atoms with E-state index in [-0.39, 0.29) is 28.9 Å². The summed E-state index contributed by atoms with van der Waals surface area (Å²) in [5.41, 5.74) is 1.99. The Labute approximate surface area is 166 Å². The Balaban J connectivity index is 0.00000196. The normalized spacial score (nSPS) is 24.1. The first-order chi connectivity index (χ1) is 12.3. The molecule has 5 rings (SSSR count). The maximum atomic E-state index is 13.0. The number of quaternary nitrogens is 1. The monoisotopic (exact) mass is 415 g/mol. The molecule has 3 aliphatic heterocycles. The first kappa shape index (κ1) is 19.1. The quantitative estimate of drug-likeness (QED) is 0.536. The minimum absolute atomic E-state index is 0. The van der Waals surface area contributed by atoms with Crippen LogP contribution < -0.4 is 17.0 Å². The van der Waals surface area contributed by atoms with Crippen LogP contribution in [0.25, 0.3) is 0 Å². The number of carbonyl (C=O) groups excluding carboxylic acids is 1. The summed E-state index contributed by atoms with van der Waals surface area (Å²) in [6, 6.07) is 19.9. The number of halogens is 1. The van der Waals surface area contributed by atoms with E-state index >= 15 is 0 Å². The Morgan fingerprint density at radius 1 is 0.885 bits per heavy atom. The van der Waals surface area contributed by atoms with Gasteiger partial charge in [0.05, 0.1) is 19.6 Å². The van der Waals surface area contributed by atoms with E-state index in [1.165, 1.54) is 38.9 Å². The van der Waals surface area contributed by atoms with Crippen molar-refractivity contribution in [2.75, 3.05) is 26.4 Å². The second-order valence-corrected chi connectivity index (χ2v) is 7.59. The molecule has 0 spiro atoms. The molecule has 2 bridgehead atoms. The maximum Gasteiger partial charge on any atom is 0.322 e. The van der Waals surface area contributed by atoms with E-state index in [2.05, 4.69) is 0 Å². The van der Waals surface area contributed by atoms with Crippen LogP contribution >= 0.6 is 0 Å². The van der Waals surface area contributed by atoms with Crippen LogP contribution in [0.4, 0.5) is 0 Å². The third kappa shape index (κ3) is 4.02. The van der Waals surface area contributed by atoms with Gasteiger partial charge in [-0.25, -0.2) is 0 Å². The van der Waals surface area contributed by atoms with E-state index in [9.17, 15) is 4.79 Å². The Bertz CT molecular complexity index is 658. The molecule has 2 aromatic carbocycles. The molecule has 4 heteroatoms. The highest BCUT2D eigenvalue weighted by atomic mass is 79.9. The van der Waals surface area contributed by atoms with E-state index in [1.54, 1.807) is 0 Å². The molecular weight excluding hydrogens is 390 g/mol. The summed E-state index contributed by atoms with van der Waals surface area (Å²) in [6.07, 6.45) is 3.87. The zero-order chi connectivity index (χ0) is 17.1. The number of esters is 1. The van der Waals surface area contributed by atoms with Crippen molar-refractivity contribution in [1.29, 1.82) is 0 Å². The lowest BCUT2D eigenvalue weighted by atomic mass is 9.86. The molecule has 3 aliphatic rings. The fourth-order valence-corrected chi connectivity index (χ4v) is 4.37.